The highest BCUT2D eigenvalue weighted by Crippen LogP contribution is 2.38. The molecule has 0 heterocycles. The summed E-state index contributed by atoms with van der Waals surface area (Å²) in [7, 11) is -5.76. The topological polar surface area (TPSA) is 43.4 Å². The van der Waals surface area contributed by atoms with Crippen molar-refractivity contribution in [2.45, 2.75) is 88.3 Å². The van der Waals surface area contributed by atoms with Crippen LogP contribution in [0.4, 0.5) is 13.2 Å². The molecule has 2 rings (SSSR count). The number of alkyl halides is 3. The number of unbranched alkanes of at least 4 members (excludes halogenated alkanes) is 1. The number of halogens is 3. The number of allylic oxidation sites excluding steroid dienone is 2. The third-order valence-electron chi connectivity index (χ3n) is 6.93. The number of rotatable bonds is 10. The second kappa shape index (κ2) is 11.7. The van der Waals surface area contributed by atoms with Crippen molar-refractivity contribution in [3.05, 3.63) is 76.9 Å². The van der Waals surface area contributed by atoms with Gasteiger partial charge < -0.3 is 4.43 Å². The Kier molecular flexibility index (Phi) is 9.81. The van der Waals surface area contributed by atoms with Crippen molar-refractivity contribution < 1.29 is 26.0 Å². The van der Waals surface area contributed by atoms with Gasteiger partial charge in [0.15, 0.2) is 18.2 Å². The average Bonchev–Trinajstić information content (AvgIpc) is 2.76. The Hall–Kier alpha value is -1.90. The molecule has 0 saturated carbocycles. The summed E-state index contributed by atoms with van der Waals surface area (Å²) in [6.45, 7) is 15.3. The molecule has 0 amide bonds. The molecule has 2 aromatic carbocycles. The van der Waals surface area contributed by atoms with Crippen molar-refractivity contribution in [3.63, 3.8) is 0 Å². The molecule has 0 aliphatic heterocycles. The van der Waals surface area contributed by atoms with Crippen LogP contribution in [-0.4, -0.2) is 23.3 Å². The highest BCUT2D eigenvalue weighted by Gasteiger charge is 2.37. The third-order valence-corrected chi connectivity index (χ3v) is 13.6. The summed E-state index contributed by atoms with van der Waals surface area (Å²) in [6.07, 6.45) is -0.965. The van der Waals surface area contributed by atoms with Gasteiger partial charge in [-0.3, -0.25) is 0 Å². The van der Waals surface area contributed by atoms with Crippen LogP contribution >= 0.6 is 0 Å². The highest BCUT2D eigenvalue weighted by molar-refractivity contribution is 7.91. The quantitative estimate of drug-likeness (QED) is 0.172. The lowest BCUT2D eigenvalue weighted by molar-refractivity contribution is -0.137. The zero-order chi connectivity index (χ0) is 27.4. The minimum Gasteiger partial charge on any atom is -0.417 e. The Morgan fingerprint density at radius 3 is 2.22 bits per heavy atom. The van der Waals surface area contributed by atoms with Crippen LogP contribution in [-0.2, 0) is 20.4 Å². The summed E-state index contributed by atoms with van der Waals surface area (Å²) in [4.78, 5) is 0.103. The van der Waals surface area contributed by atoms with E-state index in [0.29, 0.717) is 13.0 Å². The van der Waals surface area contributed by atoms with Gasteiger partial charge in [-0.25, -0.2) is 8.42 Å². The molecule has 1 unspecified atom stereocenters. The van der Waals surface area contributed by atoms with Gasteiger partial charge in [-0.2, -0.15) is 13.2 Å². The molecular formula is C28H39F3O3SSi. The minimum atomic E-state index is -4.55. The van der Waals surface area contributed by atoms with Crippen LogP contribution in [0, 0.1) is 6.92 Å². The van der Waals surface area contributed by atoms with Crippen LogP contribution in [0.2, 0.25) is 18.1 Å². The Balaban J connectivity index is 2.27. The molecule has 0 N–H and O–H groups in total. The zero-order valence-corrected chi connectivity index (χ0v) is 24.2. The molecule has 2 aromatic rings. The van der Waals surface area contributed by atoms with Crippen molar-refractivity contribution in [2.75, 3.05) is 6.61 Å². The van der Waals surface area contributed by atoms with E-state index in [1.807, 2.05) is 19.9 Å². The molecule has 8 heteroatoms. The zero-order valence-electron chi connectivity index (χ0n) is 22.4. The summed E-state index contributed by atoms with van der Waals surface area (Å²) in [5.41, 5.74) is 1.01. The molecule has 0 aliphatic carbocycles. The van der Waals surface area contributed by atoms with Crippen LogP contribution in [0.5, 0.6) is 0 Å². The van der Waals surface area contributed by atoms with Gasteiger partial charge in [0.2, 0.25) is 0 Å². The second-order valence-corrected chi connectivity index (χ2v) is 17.9. The molecule has 0 radical (unpaired) electrons. The van der Waals surface area contributed by atoms with Gasteiger partial charge in [-0.15, -0.1) is 0 Å². The summed E-state index contributed by atoms with van der Waals surface area (Å²) < 4.78 is 73.5. The fourth-order valence-corrected chi connectivity index (χ4v) is 6.48. The maximum atomic E-state index is 13.6. The molecule has 0 fully saturated rings. The first kappa shape index (κ1) is 30.3. The van der Waals surface area contributed by atoms with Gasteiger partial charge in [0, 0.05) is 6.61 Å². The van der Waals surface area contributed by atoms with Crippen molar-refractivity contribution in [1.29, 1.82) is 0 Å². The fraction of sp³-hybridized carbons (Fsp3) is 0.500. The first-order valence-corrected chi connectivity index (χ1v) is 16.7. The Morgan fingerprint density at radius 2 is 1.67 bits per heavy atom. The Morgan fingerprint density at radius 1 is 1.06 bits per heavy atom. The van der Waals surface area contributed by atoms with Crippen LogP contribution in [0.25, 0.3) is 0 Å². The minimum absolute atomic E-state index is 0.103. The molecule has 1 atom stereocenters. The van der Waals surface area contributed by atoms with E-state index < -0.39 is 35.1 Å². The molecular weight excluding hydrogens is 501 g/mol. The molecule has 0 spiro atoms. The van der Waals surface area contributed by atoms with Gasteiger partial charge in [0.25, 0.3) is 0 Å². The van der Waals surface area contributed by atoms with Crippen LogP contribution < -0.4 is 0 Å². The monoisotopic (exact) mass is 540 g/mol. The first-order valence-electron chi connectivity index (χ1n) is 12.2. The van der Waals surface area contributed by atoms with Crippen LogP contribution in [0.15, 0.2) is 65.1 Å². The Labute approximate surface area is 215 Å². The van der Waals surface area contributed by atoms with E-state index in [4.69, 9.17) is 4.43 Å². The molecule has 3 nitrogen and oxygen atoms in total. The highest BCUT2D eigenvalue weighted by atomic mass is 32.2. The van der Waals surface area contributed by atoms with Crippen molar-refractivity contribution >= 4 is 18.2 Å². The SMILES string of the molecule is C/C(=C\CCCO[Si](C)(C)C(C)(C)C)CC(c1cccc(C(F)(F)F)c1)S(=O)(=O)c1ccc(C)cc1. The lowest BCUT2D eigenvalue weighted by Gasteiger charge is -2.36. The van der Waals surface area contributed by atoms with Crippen molar-refractivity contribution in [1.82, 2.24) is 0 Å². The Bertz CT molecular complexity index is 1150. The standard InChI is InChI=1S/C28H39F3O3SSi/c1-21-14-16-25(17-15-21)35(32,33)26(23-12-10-13-24(20-23)28(29,30)31)19-22(2)11-8-9-18-34-36(6,7)27(3,4)5/h10-17,20,26H,8-9,18-19H2,1-7H3/b22-11+. The number of aryl methyl sites for hydroxylation is 1. The number of benzene rings is 2. The molecule has 0 aliphatic rings. The van der Waals surface area contributed by atoms with Crippen molar-refractivity contribution in [3.8, 4) is 0 Å². The lowest BCUT2D eigenvalue weighted by Crippen LogP contribution is -2.40. The van der Waals surface area contributed by atoms with Gasteiger partial charge in [0.05, 0.1) is 15.7 Å². The first-order chi connectivity index (χ1) is 16.4. The number of hydrogen-bond donors (Lipinski definition) is 0. The van der Waals surface area contributed by atoms with Crippen LogP contribution in [0.3, 0.4) is 0 Å². The van der Waals surface area contributed by atoms with Crippen molar-refractivity contribution in [2.24, 2.45) is 0 Å². The van der Waals surface area contributed by atoms with Gasteiger partial charge >= 0.3 is 6.18 Å². The summed E-state index contributed by atoms with van der Waals surface area (Å²) in [5.74, 6) is 0. The maximum absolute atomic E-state index is 13.6. The van der Waals surface area contributed by atoms with E-state index in [1.54, 1.807) is 12.1 Å². The molecule has 200 valence electrons. The summed E-state index contributed by atoms with van der Waals surface area (Å²) in [6, 6.07) is 11.1. The molecule has 36 heavy (non-hydrogen) atoms. The van der Waals surface area contributed by atoms with Gasteiger partial charge in [-0.1, -0.05) is 68.3 Å². The van der Waals surface area contributed by atoms with E-state index in [1.165, 1.54) is 24.3 Å². The van der Waals surface area contributed by atoms with E-state index in [9.17, 15) is 21.6 Å². The smallest absolute Gasteiger partial charge is 0.416 e. The van der Waals surface area contributed by atoms with E-state index in [0.717, 1.165) is 29.7 Å². The van der Waals surface area contributed by atoms with E-state index in [-0.39, 0.29) is 21.9 Å². The van der Waals surface area contributed by atoms with E-state index in [2.05, 4.69) is 33.9 Å². The number of sulfone groups is 1. The predicted molar refractivity (Wildman–Crippen MR) is 143 cm³/mol. The third kappa shape index (κ3) is 8.05. The lowest BCUT2D eigenvalue weighted by atomic mass is 10.0. The average molecular weight is 541 g/mol. The maximum Gasteiger partial charge on any atom is 0.416 e. The predicted octanol–water partition coefficient (Wildman–Crippen LogP) is 8.67. The summed E-state index contributed by atoms with van der Waals surface area (Å²) in [5, 5.41) is -0.997. The molecule has 0 saturated heterocycles. The normalized spacial score (nSPS) is 14.7. The fourth-order valence-electron chi connectivity index (χ4n) is 3.57. The van der Waals surface area contributed by atoms with Gasteiger partial charge in [0.1, 0.15) is 0 Å². The van der Waals surface area contributed by atoms with Gasteiger partial charge in [-0.05, 0) is 75.0 Å². The van der Waals surface area contributed by atoms with Crippen LogP contribution in [0.1, 0.15) is 68.9 Å². The molecule has 0 aromatic heterocycles. The number of hydrogen-bond acceptors (Lipinski definition) is 3. The molecule has 0 bridgehead atoms. The largest absolute Gasteiger partial charge is 0.417 e. The second-order valence-electron chi connectivity index (χ2n) is 11.0. The van der Waals surface area contributed by atoms with E-state index >= 15 is 0 Å². The summed E-state index contributed by atoms with van der Waals surface area (Å²) >= 11 is 0.